The van der Waals surface area contributed by atoms with Gasteiger partial charge in [-0.05, 0) is 64.5 Å². The van der Waals surface area contributed by atoms with Gasteiger partial charge in [-0.3, -0.25) is 4.79 Å². The summed E-state index contributed by atoms with van der Waals surface area (Å²) < 4.78 is 13.3. The number of allylic oxidation sites excluding steroid dienone is 1. The first-order valence-corrected chi connectivity index (χ1v) is 12.0. The minimum Gasteiger partial charge on any atom is -0.459 e. The number of halogens is 1. The van der Waals surface area contributed by atoms with Crippen LogP contribution in [0.25, 0.3) is 0 Å². The standard InChI is InChI=1S/C25H29IN2O4/c1-27-10-12-28(13-11-27)25(30)23-14-21(20-6-8-22(26)9-7-20)15-24(32-23)31-17-19-4-2-18(16-29)3-5-19/h2-9,14,21,24,29H,10-13,15-17H2,1H3/t21-,24+/m0/s1. The second kappa shape index (κ2) is 10.8. The van der Waals surface area contributed by atoms with Gasteiger partial charge < -0.3 is 24.4 Å². The largest absolute Gasteiger partial charge is 0.459 e. The summed E-state index contributed by atoms with van der Waals surface area (Å²) >= 11 is 2.30. The predicted molar refractivity (Wildman–Crippen MR) is 131 cm³/mol. The highest BCUT2D eigenvalue weighted by molar-refractivity contribution is 14.1. The van der Waals surface area contributed by atoms with Crippen LogP contribution in [0, 0.1) is 3.57 Å². The van der Waals surface area contributed by atoms with Crippen molar-refractivity contribution in [2.75, 3.05) is 33.2 Å². The average molecular weight is 548 g/mol. The summed E-state index contributed by atoms with van der Waals surface area (Å²) in [5, 5.41) is 9.22. The van der Waals surface area contributed by atoms with Crippen molar-refractivity contribution in [1.82, 2.24) is 9.80 Å². The summed E-state index contributed by atoms with van der Waals surface area (Å²) in [6.45, 7) is 3.53. The summed E-state index contributed by atoms with van der Waals surface area (Å²) in [4.78, 5) is 17.3. The zero-order valence-electron chi connectivity index (χ0n) is 18.2. The van der Waals surface area contributed by atoms with Crippen LogP contribution in [0.5, 0.6) is 0 Å². The van der Waals surface area contributed by atoms with E-state index in [0.29, 0.717) is 31.9 Å². The summed E-state index contributed by atoms with van der Waals surface area (Å²) in [6, 6.07) is 16.0. The van der Waals surface area contributed by atoms with Gasteiger partial charge in [0.2, 0.25) is 6.29 Å². The van der Waals surface area contributed by atoms with Gasteiger partial charge in [0.15, 0.2) is 5.76 Å². The topological polar surface area (TPSA) is 62.2 Å². The summed E-state index contributed by atoms with van der Waals surface area (Å²) in [6.07, 6.45) is 2.10. The number of rotatable bonds is 6. The Bertz CT molecular complexity index is 937. The van der Waals surface area contributed by atoms with Gasteiger partial charge in [0, 0.05) is 42.1 Å². The molecule has 1 saturated heterocycles. The summed E-state index contributed by atoms with van der Waals surface area (Å²) in [7, 11) is 2.07. The van der Waals surface area contributed by atoms with E-state index >= 15 is 0 Å². The van der Waals surface area contributed by atoms with Crippen LogP contribution in [0.4, 0.5) is 0 Å². The molecule has 0 aliphatic carbocycles. The Kier molecular flexibility index (Phi) is 7.83. The normalized spacial score (nSPS) is 21.7. The molecule has 0 unspecified atom stereocenters. The Hall–Kier alpha value is -1.94. The van der Waals surface area contributed by atoms with Crippen LogP contribution >= 0.6 is 22.6 Å². The zero-order valence-corrected chi connectivity index (χ0v) is 20.4. The van der Waals surface area contributed by atoms with Crippen LogP contribution in [0.1, 0.15) is 29.0 Å². The van der Waals surface area contributed by atoms with E-state index in [-0.39, 0.29) is 18.4 Å². The number of aliphatic hydroxyl groups excluding tert-OH is 1. The first-order chi connectivity index (χ1) is 15.5. The van der Waals surface area contributed by atoms with Gasteiger partial charge >= 0.3 is 0 Å². The minimum atomic E-state index is -0.506. The van der Waals surface area contributed by atoms with E-state index in [1.165, 1.54) is 3.57 Å². The van der Waals surface area contributed by atoms with Gasteiger partial charge in [-0.15, -0.1) is 0 Å². The van der Waals surface area contributed by atoms with Gasteiger partial charge in [-0.1, -0.05) is 36.4 Å². The maximum Gasteiger partial charge on any atom is 0.288 e. The average Bonchev–Trinajstić information content (AvgIpc) is 2.83. The van der Waals surface area contributed by atoms with Crippen molar-refractivity contribution in [2.45, 2.75) is 31.8 Å². The quantitative estimate of drug-likeness (QED) is 0.561. The third kappa shape index (κ3) is 5.89. The van der Waals surface area contributed by atoms with Gasteiger partial charge in [-0.2, -0.15) is 0 Å². The maximum atomic E-state index is 13.2. The van der Waals surface area contributed by atoms with E-state index in [0.717, 1.165) is 29.8 Å². The smallest absolute Gasteiger partial charge is 0.288 e. The molecular formula is C25H29IN2O4. The minimum absolute atomic E-state index is 0.0210. The molecule has 2 aliphatic heterocycles. The second-order valence-corrected chi connectivity index (χ2v) is 9.60. The Labute approximate surface area is 202 Å². The van der Waals surface area contributed by atoms with Crippen LogP contribution < -0.4 is 0 Å². The molecule has 0 spiro atoms. The number of benzene rings is 2. The molecule has 1 N–H and O–H groups in total. The molecule has 2 heterocycles. The van der Waals surface area contributed by atoms with E-state index in [1.54, 1.807) is 0 Å². The zero-order chi connectivity index (χ0) is 22.5. The van der Waals surface area contributed by atoms with E-state index in [2.05, 4.69) is 58.8 Å². The Morgan fingerprint density at radius 1 is 1.06 bits per heavy atom. The van der Waals surface area contributed by atoms with E-state index in [9.17, 15) is 9.90 Å². The number of carbonyl (C=O) groups is 1. The van der Waals surface area contributed by atoms with E-state index < -0.39 is 6.29 Å². The molecule has 4 rings (SSSR count). The molecule has 0 bridgehead atoms. The number of hydrogen-bond acceptors (Lipinski definition) is 5. The fraction of sp³-hybridized carbons (Fsp3) is 0.400. The number of hydrogen-bond donors (Lipinski definition) is 1. The van der Waals surface area contributed by atoms with Crippen molar-refractivity contribution in [2.24, 2.45) is 0 Å². The summed E-state index contributed by atoms with van der Waals surface area (Å²) in [5.74, 6) is 0.369. The summed E-state index contributed by atoms with van der Waals surface area (Å²) in [5.41, 5.74) is 3.01. The Balaban J connectivity index is 1.49. The van der Waals surface area contributed by atoms with Crippen molar-refractivity contribution in [3.8, 4) is 0 Å². The molecule has 1 amide bonds. The number of ether oxygens (including phenoxy) is 2. The van der Waals surface area contributed by atoms with Crippen LogP contribution in [-0.2, 0) is 27.5 Å². The van der Waals surface area contributed by atoms with Crippen LogP contribution in [0.15, 0.2) is 60.4 Å². The second-order valence-electron chi connectivity index (χ2n) is 8.35. The van der Waals surface area contributed by atoms with Crippen molar-refractivity contribution >= 4 is 28.5 Å². The molecule has 1 fully saturated rings. The molecule has 2 aromatic carbocycles. The lowest BCUT2D eigenvalue weighted by Gasteiger charge is -2.35. The number of piperazine rings is 1. The lowest BCUT2D eigenvalue weighted by Crippen LogP contribution is -2.48. The fourth-order valence-electron chi connectivity index (χ4n) is 3.95. The van der Waals surface area contributed by atoms with Crippen molar-refractivity contribution < 1.29 is 19.4 Å². The van der Waals surface area contributed by atoms with Crippen LogP contribution in [0.3, 0.4) is 0 Å². The molecule has 2 atom stereocenters. The van der Waals surface area contributed by atoms with E-state index in [1.807, 2.05) is 35.2 Å². The number of carbonyl (C=O) groups excluding carboxylic acids is 1. The monoisotopic (exact) mass is 548 g/mol. The maximum absolute atomic E-state index is 13.2. The third-order valence-electron chi connectivity index (χ3n) is 6.00. The molecule has 2 aliphatic rings. The van der Waals surface area contributed by atoms with Gasteiger partial charge in [-0.25, -0.2) is 0 Å². The van der Waals surface area contributed by atoms with Crippen molar-refractivity contribution in [1.29, 1.82) is 0 Å². The van der Waals surface area contributed by atoms with Gasteiger partial charge in [0.25, 0.3) is 5.91 Å². The molecule has 0 radical (unpaired) electrons. The Morgan fingerprint density at radius 2 is 1.72 bits per heavy atom. The van der Waals surface area contributed by atoms with Crippen molar-refractivity contribution in [3.63, 3.8) is 0 Å². The highest BCUT2D eigenvalue weighted by atomic mass is 127. The molecule has 0 saturated carbocycles. The van der Waals surface area contributed by atoms with Gasteiger partial charge in [0.05, 0.1) is 13.2 Å². The first-order valence-electron chi connectivity index (χ1n) is 10.9. The molecule has 7 heteroatoms. The number of likely N-dealkylation sites (N-methyl/N-ethyl adjacent to an activating group) is 1. The van der Waals surface area contributed by atoms with Crippen molar-refractivity contribution in [3.05, 3.63) is 80.6 Å². The molecule has 32 heavy (non-hydrogen) atoms. The lowest BCUT2D eigenvalue weighted by molar-refractivity contribution is -0.156. The number of aliphatic hydroxyl groups is 1. The fourth-order valence-corrected chi connectivity index (χ4v) is 4.31. The predicted octanol–water partition coefficient (Wildman–Crippen LogP) is 3.49. The van der Waals surface area contributed by atoms with Crippen LogP contribution in [-0.4, -0.2) is 60.3 Å². The van der Waals surface area contributed by atoms with E-state index in [4.69, 9.17) is 9.47 Å². The molecule has 6 nitrogen and oxygen atoms in total. The lowest BCUT2D eigenvalue weighted by atomic mass is 9.93. The van der Waals surface area contributed by atoms with Gasteiger partial charge in [0.1, 0.15) is 0 Å². The SMILES string of the molecule is CN1CCN(C(=O)C2=C[C@H](c3ccc(I)cc3)C[C@H](OCc3ccc(CO)cc3)O2)CC1. The molecular weight excluding hydrogens is 519 g/mol. The highest BCUT2D eigenvalue weighted by Crippen LogP contribution is 2.33. The third-order valence-corrected chi connectivity index (χ3v) is 6.72. The number of nitrogens with zero attached hydrogens (tertiary/aromatic N) is 2. The molecule has 2 aromatic rings. The molecule has 170 valence electrons. The number of amides is 1. The first kappa shape index (κ1) is 23.2. The van der Waals surface area contributed by atoms with Crippen LogP contribution in [0.2, 0.25) is 0 Å². The Morgan fingerprint density at radius 3 is 2.38 bits per heavy atom. The molecule has 0 aromatic heterocycles. The highest BCUT2D eigenvalue weighted by Gasteiger charge is 2.32.